The zero-order valence-electron chi connectivity index (χ0n) is 12.3. The zero-order chi connectivity index (χ0) is 15.7. The minimum atomic E-state index is -3.31. The van der Waals surface area contributed by atoms with Crippen molar-refractivity contribution in [2.75, 3.05) is 6.26 Å². The Morgan fingerprint density at radius 1 is 1.05 bits per heavy atom. The summed E-state index contributed by atoms with van der Waals surface area (Å²) in [6.45, 7) is 1.81. The molecule has 1 aromatic carbocycles. The van der Waals surface area contributed by atoms with Crippen molar-refractivity contribution in [3.8, 4) is 22.5 Å². The molecule has 3 nitrogen and oxygen atoms in total. The molecule has 2 aromatic heterocycles. The van der Waals surface area contributed by atoms with Gasteiger partial charge in [0.1, 0.15) is 0 Å². The van der Waals surface area contributed by atoms with Crippen molar-refractivity contribution in [1.82, 2.24) is 4.98 Å². The zero-order valence-corrected chi connectivity index (χ0v) is 13.9. The Balaban J connectivity index is 2.32. The van der Waals surface area contributed by atoms with Crippen LogP contribution in [-0.2, 0) is 9.84 Å². The van der Waals surface area contributed by atoms with E-state index in [1.54, 1.807) is 17.4 Å². The van der Waals surface area contributed by atoms with Gasteiger partial charge in [-0.25, -0.2) is 13.4 Å². The second kappa shape index (κ2) is 5.66. The van der Waals surface area contributed by atoms with Crippen molar-refractivity contribution in [2.24, 2.45) is 0 Å². The Bertz CT molecular complexity index is 899. The molecule has 0 unspecified atom stereocenters. The molecule has 0 N–H and O–H groups in total. The first-order valence-corrected chi connectivity index (χ1v) is 9.60. The lowest BCUT2D eigenvalue weighted by atomic mass is 10.1. The van der Waals surface area contributed by atoms with Crippen LogP contribution in [0.1, 0.15) is 5.56 Å². The molecule has 0 saturated carbocycles. The number of pyridine rings is 1. The lowest BCUT2D eigenvalue weighted by molar-refractivity contribution is 0.601. The molecule has 0 fully saturated rings. The third-order valence-corrected chi connectivity index (χ3v) is 5.39. The Kier molecular flexibility index (Phi) is 3.85. The van der Waals surface area contributed by atoms with E-state index >= 15 is 0 Å². The molecule has 0 radical (unpaired) electrons. The predicted octanol–water partition coefficient (Wildman–Crippen LogP) is 4.19. The second-order valence-electron chi connectivity index (χ2n) is 5.13. The van der Waals surface area contributed by atoms with Crippen molar-refractivity contribution < 1.29 is 8.42 Å². The van der Waals surface area contributed by atoms with Gasteiger partial charge in [0.2, 0.25) is 0 Å². The number of hydrogen-bond acceptors (Lipinski definition) is 4. The lowest BCUT2D eigenvalue weighted by Gasteiger charge is -2.12. The van der Waals surface area contributed by atoms with E-state index in [0.29, 0.717) is 21.8 Å². The summed E-state index contributed by atoms with van der Waals surface area (Å²) < 4.78 is 24.3. The van der Waals surface area contributed by atoms with Gasteiger partial charge in [0.05, 0.1) is 16.3 Å². The maximum Gasteiger partial charge on any atom is 0.175 e. The predicted molar refractivity (Wildman–Crippen MR) is 90.8 cm³/mol. The molecule has 112 valence electrons. The van der Waals surface area contributed by atoms with E-state index in [1.807, 2.05) is 54.1 Å². The Morgan fingerprint density at radius 3 is 2.36 bits per heavy atom. The SMILES string of the molecule is Cc1c(S(C)(=O)=O)cc(-c2ccsc2)nc1-c1ccccc1. The Morgan fingerprint density at radius 2 is 1.77 bits per heavy atom. The highest BCUT2D eigenvalue weighted by molar-refractivity contribution is 7.90. The van der Waals surface area contributed by atoms with Crippen LogP contribution in [0, 0.1) is 6.92 Å². The standard InChI is InChI=1S/C17H15NO2S2/c1-12-16(22(2,19)20)10-15(14-8-9-21-11-14)18-17(12)13-6-4-3-5-7-13/h3-11H,1-2H3. The molecule has 0 aliphatic carbocycles. The number of nitrogens with zero attached hydrogens (tertiary/aromatic N) is 1. The highest BCUT2D eigenvalue weighted by Crippen LogP contribution is 2.31. The van der Waals surface area contributed by atoms with Crippen molar-refractivity contribution in [2.45, 2.75) is 11.8 Å². The molecule has 22 heavy (non-hydrogen) atoms. The van der Waals surface area contributed by atoms with Crippen LogP contribution >= 0.6 is 11.3 Å². The summed E-state index contributed by atoms with van der Waals surface area (Å²) in [5.41, 5.74) is 3.94. The quantitative estimate of drug-likeness (QED) is 0.724. The Hall–Kier alpha value is -1.98. The van der Waals surface area contributed by atoms with Crippen LogP contribution in [0.25, 0.3) is 22.5 Å². The summed E-state index contributed by atoms with van der Waals surface area (Å²) in [4.78, 5) is 5.04. The van der Waals surface area contributed by atoms with Crippen LogP contribution in [0.3, 0.4) is 0 Å². The average molecular weight is 329 g/mol. The highest BCUT2D eigenvalue weighted by Gasteiger charge is 2.18. The summed E-state index contributed by atoms with van der Waals surface area (Å²) >= 11 is 1.56. The van der Waals surface area contributed by atoms with E-state index in [4.69, 9.17) is 4.98 Å². The molecule has 0 amide bonds. The molecule has 3 rings (SSSR count). The Labute approximate surface area is 134 Å². The van der Waals surface area contributed by atoms with Crippen molar-refractivity contribution in [1.29, 1.82) is 0 Å². The molecular weight excluding hydrogens is 314 g/mol. The fourth-order valence-corrected chi connectivity index (χ4v) is 4.03. The summed E-state index contributed by atoms with van der Waals surface area (Å²) in [5.74, 6) is 0. The van der Waals surface area contributed by atoms with Gasteiger partial charge in [-0.1, -0.05) is 30.3 Å². The first kappa shape index (κ1) is 14.9. The van der Waals surface area contributed by atoms with E-state index in [1.165, 1.54) is 6.26 Å². The summed E-state index contributed by atoms with van der Waals surface area (Å²) in [5, 5.41) is 3.93. The lowest BCUT2D eigenvalue weighted by Crippen LogP contribution is -2.04. The summed E-state index contributed by atoms with van der Waals surface area (Å²) in [6, 6.07) is 13.3. The fourth-order valence-electron chi connectivity index (χ4n) is 2.41. The van der Waals surface area contributed by atoms with E-state index < -0.39 is 9.84 Å². The minimum absolute atomic E-state index is 0.336. The number of thiophene rings is 1. The number of benzene rings is 1. The molecule has 5 heteroatoms. The normalized spacial score (nSPS) is 11.5. The molecule has 0 saturated heterocycles. The molecule has 0 atom stereocenters. The highest BCUT2D eigenvalue weighted by atomic mass is 32.2. The van der Waals surface area contributed by atoms with Crippen LogP contribution in [0.15, 0.2) is 58.1 Å². The van der Waals surface area contributed by atoms with Gasteiger partial charge >= 0.3 is 0 Å². The minimum Gasteiger partial charge on any atom is -0.247 e. The van der Waals surface area contributed by atoms with Gasteiger partial charge in [0.25, 0.3) is 0 Å². The topological polar surface area (TPSA) is 47.0 Å². The first-order chi connectivity index (χ1) is 10.5. The maximum absolute atomic E-state index is 12.1. The third kappa shape index (κ3) is 2.82. The van der Waals surface area contributed by atoms with Crippen LogP contribution < -0.4 is 0 Å². The smallest absolute Gasteiger partial charge is 0.175 e. The van der Waals surface area contributed by atoms with Gasteiger partial charge in [0, 0.05) is 22.8 Å². The number of aromatic nitrogens is 1. The van der Waals surface area contributed by atoms with Crippen LogP contribution in [0.5, 0.6) is 0 Å². The average Bonchev–Trinajstić information content (AvgIpc) is 3.01. The van der Waals surface area contributed by atoms with Crippen LogP contribution in [0.4, 0.5) is 0 Å². The number of hydrogen-bond donors (Lipinski definition) is 0. The molecule has 3 aromatic rings. The largest absolute Gasteiger partial charge is 0.247 e. The molecule has 0 aliphatic heterocycles. The fraction of sp³-hybridized carbons (Fsp3) is 0.118. The van der Waals surface area contributed by atoms with E-state index in [0.717, 1.165) is 11.1 Å². The van der Waals surface area contributed by atoms with Gasteiger partial charge in [-0.05, 0) is 30.0 Å². The molecular formula is C17H15NO2S2. The monoisotopic (exact) mass is 329 g/mol. The molecule has 0 bridgehead atoms. The van der Waals surface area contributed by atoms with Gasteiger partial charge in [-0.15, -0.1) is 0 Å². The maximum atomic E-state index is 12.1. The van der Waals surface area contributed by atoms with Gasteiger partial charge in [0.15, 0.2) is 9.84 Å². The second-order valence-corrected chi connectivity index (χ2v) is 7.89. The molecule has 0 aliphatic rings. The first-order valence-electron chi connectivity index (χ1n) is 6.76. The number of sulfone groups is 1. The summed E-state index contributed by atoms with van der Waals surface area (Å²) in [6.07, 6.45) is 1.24. The summed E-state index contributed by atoms with van der Waals surface area (Å²) in [7, 11) is -3.31. The van der Waals surface area contributed by atoms with Crippen molar-refractivity contribution >= 4 is 21.2 Å². The van der Waals surface area contributed by atoms with Gasteiger partial charge in [-0.3, -0.25) is 0 Å². The van der Waals surface area contributed by atoms with Crippen LogP contribution in [-0.4, -0.2) is 19.7 Å². The third-order valence-electron chi connectivity index (χ3n) is 3.49. The van der Waals surface area contributed by atoms with Gasteiger partial charge < -0.3 is 0 Å². The van der Waals surface area contributed by atoms with Gasteiger partial charge in [-0.2, -0.15) is 11.3 Å². The molecule has 0 spiro atoms. The number of rotatable bonds is 3. The van der Waals surface area contributed by atoms with Crippen molar-refractivity contribution in [3.05, 3.63) is 58.8 Å². The van der Waals surface area contributed by atoms with Crippen molar-refractivity contribution in [3.63, 3.8) is 0 Å². The van der Waals surface area contributed by atoms with E-state index in [9.17, 15) is 8.42 Å². The van der Waals surface area contributed by atoms with Crippen LogP contribution in [0.2, 0.25) is 0 Å². The molecule has 2 heterocycles. The van der Waals surface area contributed by atoms with E-state index in [-0.39, 0.29) is 0 Å². The van der Waals surface area contributed by atoms with E-state index in [2.05, 4.69) is 0 Å².